The molecule has 0 amide bonds. The van der Waals surface area contributed by atoms with Gasteiger partial charge in [0, 0.05) is 11.1 Å². The summed E-state index contributed by atoms with van der Waals surface area (Å²) in [6, 6.07) is 15.9. The fourth-order valence-electron chi connectivity index (χ4n) is 3.08. The molecule has 0 aliphatic heterocycles. The summed E-state index contributed by atoms with van der Waals surface area (Å²) in [5.41, 5.74) is 5.42. The van der Waals surface area contributed by atoms with E-state index in [9.17, 15) is 0 Å². The fraction of sp³-hybridized carbons (Fsp3) is 0.167. The monoisotopic (exact) mass is 286 g/mol. The van der Waals surface area contributed by atoms with Gasteiger partial charge in [0.25, 0.3) is 0 Å². The summed E-state index contributed by atoms with van der Waals surface area (Å²) < 4.78 is 0. The van der Waals surface area contributed by atoms with Crippen LogP contribution in [0.2, 0.25) is 0 Å². The van der Waals surface area contributed by atoms with Crippen molar-refractivity contribution in [2.45, 2.75) is 19.3 Å². The van der Waals surface area contributed by atoms with E-state index < -0.39 is 0 Å². The van der Waals surface area contributed by atoms with Gasteiger partial charge in [-0.15, -0.1) is 0 Å². The number of hydrogen-bond donors (Lipinski definition) is 1. The largest absolute Gasteiger partial charge is 0.259 e. The smallest absolute Gasteiger partial charge is 0.181 e. The van der Waals surface area contributed by atoms with Gasteiger partial charge in [-0.25, -0.2) is 4.98 Å². The molecular formula is C18H14N4. The molecule has 0 unspecified atom stereocenters. The van der Waals surface area contributed by atoms with E-state index in [1.165, 1.54) is 17.5 Å². The van der Waals surface area contributed by atoms with Gasteiger partial charge in [-0.05, 0) is 42.5 Å². The minimum atomic E-state index is 0.615. The SMILES string of the molecule is N#Cc1cccc(-c2n[nH]c(-c3cccc4c3CCC4)n2)c1. The molecule has 1 aliphatic carbocycles. The number of aromatic amines is 1. The van der Waals surface area contributed by atoms with Crippen LogP contribution in [0.4, 0.5) is 0 Å². The average molecular weight is 286 g/mol. The highest BCUT2D eigenvalue weighted by molar-refractivity contribution is 5.66. The second kappa shape index (κ2) is 5.12. The quantitative estimate of drug-likeness (QED) is 0.784. The second-order valence-corrected chi connectivity index (χ2v) is 5.50. The summed E-state index contributed by atoms with van der Waals surface area (Å²) in [5, 5.41) is 16.4. The van der Waals surface area contributed by atoms with Gasteiger partial charge in [0.05, 0.1) is 11.6 Å². The molecule has 0 saturated heterocycles. The highest BCUT2D eigenvalue weighted by Crippen LogP contribution is 2.31. The summed E-state index contributed by atoms with van der Waals surface area (Å²) in [4.78, 5) is 4.63. The second-order valence-electron chi connectivity index (χ2n) is 5.50. The number of nitrogens with zero attached hydrogens (tertiary/aromatic N) is 3. The first kappa shape index (κ1) is 12.8. The molecule has 0 radical (unpaired) electrons. The van der Waals surface area contributed by atoms with Gasteiger partial charge >= 0.3 is 0 Å². The van der Waals surface area contributed by atoms with Gasteiger partial charge in [0.1, 0.15) is 0 Å². The molecule has 4 nitrogen and oxygen atoms in total. The van der Waals surface area contributed by atoms with E-state index in [1.54, 1.807) is 6.07 Å². The molecule has 0 fully saturated rings. The fourth-order valence-corrected chi connectivity index (χ4v) is 3.08. The third-order valence-electron chi connectivity index (χ3n) is 4.14. The molecule has 2 aromatic carbocycles. The number of aromatic nitrogens is 3. The number of hydrogen-bond acceptors (Lipinski definition) is 3. The van der Waals surface area contributed by atoms with Gasteiger partial charge < -0.3 is 0 Å². The highest BCUT2D eigenvalue weighted by atomic mass is 15.2. The molecule has 0 atom stereocenters. The normalized spacial score (nSPS) is 12.9. The van der Waals surface area contributed by atoms with Gasteiger partial charge in [-0.3, -0.25) is 5.10 Å². The Kier molecular flexibility index (Phi) is 2.97. The van der Waals surface area contributed by atoms with Crippen molar-refractivity contribution in [2.75, 3.05) is 0 Å². The van der Waals surface area contributed by atoms with Crippen molar-refractivity contribution in [3.63, 3.8) is 0 Å². The Hall–Kier alpha value is -2.93. The first-order chi connectivity index (χ1) is 10.8. The number of H-pyrrole nitrogens is 1. The van der Waals surface area contributed by atoms with Crippen molar-refractivity contribution in [3.05, 3.63) is 59.2 Å². The molecule has 1 heterocycles. The number of nitriles is 1. The van der Waals surface area contributed by atoms with E-state index in [-0.39, 0.29) is 0 Å². The topological polar surface area (TPSA) is 65.4 Å². The maximum Gasteiger partial charge on any atom is 0.181 e. The number of benzene rings is 2. The van der Waals surface area contributed by atoms with Crippen LogP contribution < -0.4 is 0 Å². The number of aryl methyl sites for hydroxylation is 1. The summed E-state index contributed by atoms with van der Waals surface area (Å²) in [6.07, 6.45) is 3.46. The van der Waals surface area contributed by atoms with Crippen LogP contribution in [0.5, 0.6) is 0 Å². The summed E-state index contributed by atoms with van der Waals surface area (Å²) in [5.74, 6) is 1.43. The zero-order chi connectivity index (χ0) is 14.9. The summed E-state index contributed by atoms with van der Waals surface area (Å²) >= 11 is 0. The van der Waals surface area contributed by atoms with E-state index >= 15 is 0 Å². The lowest BCUT2D eigenvalue weighted by Gasteiger charge is -2.04. The predicted molar refractivity (Wildman–Crippen MR) is 84.0 cm³/mol. The van der Waals surface area contributed by atoms with Gasteiger partial charge in [0.2, 0.25) is 0 Å². The van der Waals surface area contributed by atoms with Crippen molar-refractivity contribution < 1.29 is 0 Å². The van der Waals surface area contributed by atoms with Crippen molar-refractivity contribution in [2.24, 2.45) is 0 Å². The van der Waals surface area contributed by atoms with Crippen LogP contribution in [0.1, 0.15) is 23.1 Å². The molecule has 4 rings (SSSR count). The Bertz CT molecular complexity index is 886. The Balaban J connectivity index is 1.76. The number of nitrogens with one attached hydrogen (secondary N) is 1. The molecule has 1 aromatic heterocycles. The van der Waals surface area contributed by atoms with Crippen molar-refractivity contribution in [3.8, 4) is 28.8 Å². The Morgan fingerprint density at radius 1 is 1.09 bits per heavy atom. The number of rotatable bonds is 2. The lowest BCUT2D eigenvalue weighted by molar-refractivity contribution is 0.911. The lowest BCUT2D eigenvalue weighted by Crippen LogP contribution is -1.90. The minimum Gasteiger partial charge on any atom is -0.259 e. The molecule has 4 heteroatoms. The first-order valence-corrected chi connectivity index (χ1v) is 7.39. The van der Waals surface area contributed by atoms with E-state index in [1.807, 2.05) is 18.2 Å². The van der Waals surface area contributed by atoms with Crippen LogP contribution in [-0.2, 0) is 12.8 Å². The van der Waals surface area contributed by atoms with Crippen LogP contribution in [0.15, 0.2) is 42.5 Å². The highest BCUT2D eigenvalue weighted by Gasteiger charge is 2.17. The Morgan fingerprint density at radius 2 is 2.00 bits per heavy atom. The van der Waals surface area contributed by atoms with Gasteiger partial charge in [-0.2, -0.15) is 10.4 Å². The zero-order valence-corrected chi connectivity index (χ0v) is 12.0. The van der Waals surface area contributed by atoms with Crippen molar-refractivity contribution in [1.29, 1.82) is 5.26 Å². The third kappa shape index (κ3) is 2.08. The van der Waals surface area contributed by atoms with Crippen LogP contribution in [0, 0.1) is 11.3 Å². The standard InChI is InChI=1S/C18H14N4/c19-11-12-4-1-7-14(10-12)17-20-18(22-21-17)16-9-3-6-13-5-2-8-15(13)16/h1,3-4,6-7,9-10H,2,5,8H2,(H,20,21,22). The van der Waals surface area contributed by atoms with Crippen LogP contribution in [0.25, 0.3) is 22.8 Å². The molecule has 0 bridgehead atoms. The summed E-state index contributed by atoms with van der Waals surface area (Å²) in [7, 11) is 0. The van der Waals surface area contributed by atoms with E-state index in [0.29, 0.717) is 11.4 Å². The van der Waals surface area contributed by atoms with Crippen molar-refractivity contribution in [1.82, 2.24) is 15.2 Å². The average Bonchev–Trinajstić information content (AvgIpc) is 3.23. The molecule has 106 valence electrons. The minimum absolute atomic E-state index is 0.615. The van der Waals surface area contributed by atoms with E-state index in [4.69, 9.17) is 5.26 Å². The first-order valence-electron chi connectivity index (χ1n) is 7.39. The predicted octanol–water partition coefficient (Wildman–Crippen LogP) is 3.50. The van der Waals surface area contributed by atoms with Gasteiger partial charge in [-0.1, -0.05) is 30.3 Å². The van der Waals surface area contributed by atoms with E-state index in [2.05, 4.69) is 39.4 Å². The molecule has 0 spiro atoms. The maximum atomic E-state index is 9.00. The molecule has 1 aliphatic rings. The Labute approximate surface area is 128 Å². The van der Waals surface area contributed by atoms with Crippen LogP contribution in [0.3, 0.4) is 0 Å². The Morgan fingerprint density at radius 3 is 2.91 bits per heavy atom. The third-order valence-corrected chi connectivity index (χ3v) is 4.14. The van der Waals surface area contributed by atoms with Crippen LogP contribution in [-0.4, -0.2) is 15.2 Å². The van der Waals surface area contributed by atoms with Gasteiger partial charge in [0.15, 0.2) is 11.6 Å². The van der Waals surface area contributed by atoms with E-state index in [0.717, 1.165) is 29.8 Å². The molecule has 0 saturated carbocycles. The lowest BCUT2D eigenvalue weighted by atomic mass is 10.0. The molecule has 1 N–H and O–H groups in total. The van der Waals surface area contributed by atoms with Crippen molar-refractivity contribution >= 4 is 0 Å². The molecule has 22 heavy (non-hydrogen) atoms. The molecule has 3 aromatic rings. The zero-order valence-electron chi connectivity index (χ0n) is 12.0. The maximum absolute atomic E-state index is 9.00. The summed E-state index contributed by atoms with van der Waals surface area (Å²) in [6.45, 7) is 0. The van der Waals surface area contributed by atoms with Crippen LogP contribution >= 0.6 is 0 Å². The molecular weight excluding hydrogens is 272 g/mol. The number of fused-ring (bicyclic) bond motifs is 1.